The Labute approximate surface area is 183 Å². The van der Waals surface area contributed by atoms with Gasteiger partial charge in [0.05, 0.1) is 37.6 Å². The summed E-state index contributed by atoms with van der Waals surface area (Å²) in [6, 6.07) is 11.8. The summed E-state index contributed by atoms with van der Waals surface area (Å²) in [4.78, 5) is 2.10. The molecule has 2 aliphatic rings. The molecule has 1 aromatic carbocycles. The Morgan fingerprint density at radius 1 is 1.23 bits per heavy atom. The maximum absolute atomic E-state index is 10.1. The lowest BCUT2D eigenvalue weighted by Gasteiger charge is -2.47. The number of hydrogen-bond donors (Lipinski definition) is 1. The predicted molar refractivity (Wildman–Crippen MR) is 116 cm³/mol. The summed E-state index contributed by atoms with van der Waals surface area (Å²) in [6.45, 7) is 5.92. The maximum atomic E-state index is 10.1. The quantitative estimate of drug-likeness (QED) is 0.733. The highest BCUT2D eigenvalue weighted by Gasteiger charge is 2.57. The number of ether oxygens (including phenoxy) is 2. The van der Waals surface area contributed by atoms with Crippen LogP contribution in [0.3, 0.4) is 0 Å². The van der Waals surface area contributed by atoms with E-state index in [-0.39, 0.29) is 11.6 Å². The van der Waals surface area contributed by atoms with E-state index in [1.165, 1.54) is 0 Å². The summed E-state index contributed by atoms with van der Waals surface area (Å²) in [5.41, 5.74) is -0.317. The Morgan fingerprint density at radius 2 is 1.94 bits per heavy atom. The molecule has 1 aliphatic carbocycles. The molecule has 0 spiro atoms. The van der Waals surface area contributed by atoms with Gasteiger partial charge in [-0.2, -0.15) is 15.8 Å². The Balaban J connectivity index is 2.16. The van der Waals surface area contributed by atoms with Crippen LogP contribution >= 0.6 is 0 Å². The molecule has 1 fully saturated rings. The van der Waals surface area contributed by atoms with Gasteiger partial charge in [0, 0.05) is 24.9 Å². The average molecular weight is 418 g/mol. The second-order valence-electron chi connectivity index (χ2n) is 8.63. The molecule has 0 aromatic heterocycles. The normalized spacial score (nSPS) is 24.9. The highest BCUT2D eigenvalue weighted by atomic mass is 16.5. The van der Waals surface area contributed by atoms with Crippen LogP contribution in [0.4, 0.5) is 0 Å². The summed E-state index contributed by atoms with van der Waals surface area (Å²) < 4.78 is 11.4. The fourth-order valence-corrected chi connectivity index (χ4v) is 4.58. The number of benzene rings is 1. The zero-order chi connectivity index (χ0) is 22.8. The number of rotatable bonds is 5. The summed E-state index contributed by atoms with van der Waals surface area (Å²) in [7, 11) is 3.52. The monoisotopic (exact) mass is 417 g/mol. The highest BCUT2D eigenvalue weighted by molar-refractivity contribution is 6.00. The smallest absolute Gasteiger partial charge is 0.189 e. The Hall–Kier alpha value is -3.34. The van der Waals surface area contributed by atoms with Crippen molar-refractivity contribution in [3.63, 3.8) is 0 Å². The SMILES string of the molecule is COc1cc([C@@H]2[C@@H]3CN(C)CC=C3[C@@H](C#N)C(=N)C2(C#N)C#N)ccc1OCC(C)C. The van der Waals surface area contributed by atoms with Crippen LogP contribution in [0.1, 0.15) is 25.3 Å². The van der Waals surface area contributed by atoms with Crippen molar-refractivity contribution in [1.29, 1.82) is 21.2 Å². The molecule has 31 heavy (non-hydrogen) atoms. The lowest BCUT2D eigenvalue weighted by Crippen LogP contribution is -2.52. The molecular formula is C24H27N5O2. The number of nitrogens with one attached hydrogen (secondary N) is 1. The van der Waals surface area contributed by atoms with Gasteiger partial charge in [-0.15, -0.1) is 0 Å². The van der Waals surface area contributed by atoms with Crippen molar-refractivity contribution < 1.29 is 9.47 Å². The van der Waals surface area contributed by atoms with Crippen LogP contribution in [-0.2, 0) is 0 Å². The average Bonchev–Trinajstić information content (AvgIpc) is 2.77. The molecule has 1 aliphatic heterocycles. The molecule has 160 valence electrons. The molecule has 7 heteroatoms. The van der Waals surface area contributed by atoms with E-state index in [2.05, 4.69) is 37.0 Å². The molecular weight excluding hydrogens is 390 g/mol. The van der Waals surface area contributed by atoms with Crippen molar-refractivity contribution in [2.75, 3.05) is 33.9 Å². The van der Waals surface area contributed by atoms with Crippen molar-refractivity contribution in [2.24, 2.45) is 23.2 Å². The van der Waals surface area contributed by atoms with E-state index < -0.39 is 17.3 Å². The van der Waals surface area contributed by atoms with Crippen LogP contribution in [0.25, 0.3) is 0 Å². The van der Waals surface area contributed by atoms with Gasteiger partial charge in [0.2, 0.25) is 0 Å². The second kappa shape index (κ2) is 8.80. The third kappa shape index (κ3) is 3.76. The molecule has 0 amide bonds. The summed E-state index contributed by atoms with van der Waals surface area (Å²) in [5.74, 6) is -0.222. The first-order valence-electron chi connectivity index (χ1n) is 10.3. The number of likely N-dealkylation sites (N-methyl/N-ethyl adjacent to an activating group) is 1. The lowest BCUT2D eigenvalue weighted by atomic mass is 9.54. The molecule has 0 saturated heterocycles. The van der Waals surface area contributed by atoms with E-state index in [1.807, 2.05) is 19.2 Å². The minimum Gasteiger partial charge on any atom is -0.493 e. The van der Waals surface area contributed by atoms with Gasteiger partial charge >= 0.3 is 0 Å². The van der Waals surface area contributed by atoms with Crippen LogP contribution in [0.15, 0.2) is 29.8 Å². The highest BCUT2D eigenvalue weighted by Crippen LogP contribution is 2.54. The van der Waals surface area contributed by atoms with Gasteiger partial charge in [-0.3, -0.25) is 0 Å². The molecule has 0 radical (unpaired) electrons. The van der Waals surface area contributed by atoms with Crippen LogP contribution in [-0.4, -0.2) is 44.5 Å². The van der Waals surface area contributed by atoms with E-state index in [0.717, 1.165) is 11.1 Å². The van der Waals surface area contributed by atoms with Crippen LogP contribution < -0.4 is 9.47 Å². The molecule has 3 atom stereocenters. The molecule has 1 saturated carbocycles. The maximum Gasteiger partial charge on any atom is 0.189 e. The Morgan fingerprint density at radius 3 is 2.52 bits per heavy atom. The fourth-order valence-electron chi connectivity index (χ4n) is 4.58. The van der Waals surface area contributed by atoms with Crippen LogP contribution in [0.2, 0.25) is 0 Å². The fraction of sp³-hybridized carbons (Fsp3) is 0.500. The molecule has 1 heterocycles. The first kappa shape index (κ1) is 22.3. The third-order valence-electron chi connectivity index (χ3n) is 6.09. The van der Waals surface area contributed by atoms with Gasteiger partial charge in [0.15, 0.2) is 16.9 Å². The van der Waals surface area contributed by atoms with Crippen LogP contribution in [0.5, 0.6) is 11.5 Å². The van der Waals surface area contributed by atoms with Gasteiger partial charge in [-0.1, -0.05) is 26.0 Å². The third-order valence-corrected chi connectivity index (χ3v) is 6.09. The van der Waals surface area contributed by atoms with Crippen molar-refractivity contribution in [1.82, 2.24) is 4.90 Å². The van der Waals surface area contributed by atoms with E-state index in [0.29, 0.717) is 37.1 Å². The Kier molecular flexibility index (Phi) is 6.34. The van der Waals surface area contributed by atoms with Gasteiger partial charge in [0.25, 0.3) is 0 Å². The molecule has 0 bridgehead atoms. The zero-order valence-electron chi connectivity index (χ0n) is 18.3. The largest absolute Gasteiger partial charge is 0.493 e. The van der Waals surface area contributed by atoms with Gasteiger partial charge in [-0.05, 0) is 36.2 Å². The molecule has 1 aromatic rings. The first-order valence-corrected chi connectivity index (χ1v) is 10.3. The zero-order valence-corrected chi connectivity index (χ0v) is 18.3. The number of fused-ring (bicyclic) bond motifs is 1. The van der Waals surface area contributed by atoms with Crippen molar-refractivity contribution in [3.05, 3.63) is 35.4 Å². The van der Waals surface area contributed by atoms with E-state index in [4.69, 9.17) is 14.9 Å². The minimum absolute atomic E-state index is 0.142. The summed E-state index contributed by atoms with van der Waals surface area (Å²) >= 11 is 0. The van der Waals surface area contributed by atoms with Crippen LogP contribution in [0, 0.1) is 62.6 Å². The number of nitriles is 3. The van der Waals surface area contributed by atoms with Crippen molar-refractivity contribution in [2.45, 2.75) is 19.8 Å². The first-order chi connectivity index (χ1) is 14.8. The summed E-state index contributed by atoms with van der Waals surface area (Å²) in [5, 5.41) is 38.7. The Bertz CT molecular complexity index is 1010. The molecule has 1 N–H and O–H groups in total. The standard InChI is InChI=1S/C24H27N5O2/c1-15(2)12-31-20-6-5-16(9-21(20)30-4)22-19-11-29(3)8-7-17(19)18(10-25)23(28)24(22,13-26)14-27/h5-7,9,15,18-19,22,28H,8,11-12H2,1-4H3/t18-,19-,22-/m1/s1. The lowest BCUT2D eigenvalue weighted by molar-refractivity contribution is 0.233. The van der Waals surface area contributed by atoms with Crippen molar-refractivity contribution in [3.8, 4) is 29.7 Å². The molecule has 3 rings (SSSR count). The molecule has 7 nitrogen and oxygen atoms in total. The summed E-state index contributed by atoms with van der Waals surface area (Å²) in [6.07, 6.45) is 1.97. The number of methoxy groups -OCH3 is 1. The van der Waals surface area contributed by atoms with E-state index in [9.17, 15) is 15.8 Å². The van der Waals surface area contributed by atoms with Gasteiger partial charge < -0.3 is 19.8 Å². The van der Waals surface area contributed by atoms with E-state index in [1.54, 1.807) is 19.2 Å². The van der Waals surface area contributed by atoms with Crippen molar-refractivity contribution >= 4 is 5.71 Å². The topological polar surface area (TPSA) is 117 Å². The van der Waals surface area contributed by atoms with Gasteiger partial charge in [0.1, 0.15) is 5.92 Å². The van der Waals surface area contributed by atoms with E-state index >= 15 is 0 Å². The molecule has 0 unspecified atom stereocenters. The van der Waals surface area contributed by atoms with Gasteiger partial charge in [-0.25, -0.2) is 0 Å². The second-order valence-corrected chi connectivity index (χ2v) is 8.63. The number of nitrogens with zero attached hydrogens (tertiary/aromatic N) is 4. The number of hydrogen-bond acceptors (Lipinski definition) is 7. The predicted octanol–water partition coefficient (Wildman–Crippen LogP) is 3.51. The minimum atomic E-state index is -1.73.